The summed E-state index contributed by atoms with van der Waals surface area (Å²) in [6.45, 7) is 4.74. The van der Waals surface area contributed by atoms with Gasteiger partial charge >= 0.3 is 0 Å². The molecular formula is C24H22NO. The molecule has 3 aromatic carbocycles. The number of nitrogens with zero attached hydrogens (tertiary/aromatic N) is 1. The molecule has 2 heteroatoms. The summed E-state index contributed by atoms with van der Waals surface area (Å²) in [5.41, 5.74) is 3.66. The van der Waals surface area contributed by atoms with Crippen LogP contribution >= 0.6 is 0 Å². The third-order valence-electron chi connectivity index (χ3n) is 4.73. The molecule has 1 aromatic heterocycles. The standard InChI is InChI=1S/C24H22NO/c1-2-23(20-11-7-4-8-12-20)25-16-15-21-17-22(13-14-24(21)25)26-18-19-9-5-3-6-10-19/h3-17,23H,1-2,18H2. The predicted molar refractivity (Wildman–Crippen MR) is 107 cm³/mol. The van der Waals surface area contributed by atoms with Crippen LogP contribution in [0.1, 0.15) is 23.6 Å². The molecular weight excluding hydrogens is 318 g/mol. The highest BCUT2D eigenvalue weighted by Gasteiger charge is 2.13. The largest absolute Gasteiger partial charge is 0.489 e. The van der Waals surface area contributed by atoms with Crippen molar-refractivity contribution in [3.63, 3.8) is 0 Å². The molecule has 0 bridgehead atoms. The zero-order chi connectivity index (χ0) is 17.8. The Morgan fingerprint density at radius 3 is 2.31 bits per heavy atom. The second-order valence-electron chi connectivity index (χ2n) is 6.43. The van der Waals surface area contributed by atoms with E-state index in [2.05, 4.69) is 72.3 Å². The maximum Gasteiger partial charge on any atom is 0.120 e. The molecule has 1 atom stereocenters. The van der Waals surface area contributed by atoms with E-state index >= 15 is 0 Å². The van der Waals surface area contributed by atoms with Gasteiger partial charge in [-0.05, 0) is 41.8 Å². The summed E-state index contributed by atoms with van der Waals surface area (Å²) in [5, 5.41) is 1.19. The number of benzene rings is 3. The minimum absolute atomic E-state index is 0.241. The maximum atomic E-state index is 5.96. The molecule has 0 saturated heterocycles. The lowest BCUT2D eigenvalue weighted by Crippen LogP contribution is -2.08. The minimum Gasteiger partial charge on any atom is -0.489 e. The van der Waals surface area contributed by atoms with Crippen molar-refractivity contribution in [1.82, 2.24) is 4.57 Å². The first kappa shape index (κ1) is 16.5. The van der Waals surface area contributed by atoms with E-state index < -0.39 is 0 Å². The Labute approximate surface area is 154 Å². The molecule has 0 aliphatic heterocycles. The van der Waals surface area contributed by atoms with E-state index in [1.807, 2.05) is 30.3 Å². The number of hydrogen-bond acceptors (Lipinski definition) is 1. The van der Waals surface area contributed by atoms with Gasteiger partial charge in [-0.2, -0.15) is 0 Å². The molecule has 0 aliphatic carbocycles. The van der Waals surface area contributed by atoms with Crippen LogP contribution in [-0.2, 0) is 6.61 Å². The third-order valence-corrected chi connectivity index (χ3v) is 4.73. The lowest BCUT2D eigenvalue weighted by atomic mass is 10.0. The second kappa shape index (κ2) is 7.49. The fraction of sp³-hybridized carbons (Fsp3) is 0.125. The quantitative estimate of drug-likeness (QED) is 0.418. The van der Waals surface area contributed by atoms with Crippen LogP contribution in [0, 0.1) is 6.92 Å². The molecule has 0 amide bonds. The van der Waals surface area contributed by atoms with Crippen molar-refractivity contribution in [2.75, 3.05) is 0 Å². The zero-order valence-corrected chi connectivity index (χ0v) is 14.7. The first-order valence-electron chi connectivity index (χ1n) is 8.96. The zero-order valence-electron chi connectivity index (χ0n) is 14.7. The van der Waals surface area contributed by atoms with Gasteiger partial charge in [-0.25, -0.2) is 0 Å². The van der Waals surface area contributed by atoms with E-state index in [-0.39, 0.29) is 6.04 Å². The van der Waals surface area contributed by atoms with Gasteiger partial charge in [0.2, 0.25) is 0 Å². The molecule has 0 aliphatic rings. The predicted octanol–water partition coefficient (Wildman–Crippen LogP) is 6.03. The number of ether oxygens (including phenoxy) is 1. The van der Waals surface area contributed by atoms with Gasteiger partial charge in [-0.3, -0.25) is 0 Å². The minimum atomic E-state index is 0.241. The summed E-state index contributed by atoms with van der Waals surface area (Å²) < 4.78 is 8.26. The Morgan fingerprint density at radius 2 is 1.58 bits per heavy atom. The molecule has 0 fully saturated rings. The van der Waals surface area contributed by atoms with Crippen LogP contribution in [0.25, 0.3) is 10.9 Å². The SMILES string of the molecule is [CH2]CC(c1ccccc1)n1ccc2cc(OCc3ccccc3)ccc21. The Balaban J connectivity index is 1.59. The Hall–Kier alpha value is -3.00. The molecule has 1 unspecified atom stereocenters. The first-order chi connectivity index (χ1) is 12.8. The lowest BCUT2D eigenvalue weighted by molar-refractivity contribution is 0.306. The molecule has 0 saturated carbocycles. The average Bonchev–Trinajstić information content (AvgIpc) is 3.12. The van der Waals surface area contributed by atoms with Crippen LogP contribution in [0.4, 0.5) is 0 Å². The molecule has 0 spiro atoms. The van der Waals surface area contributed by atoms with E-state index in [4.69, 9.17) is 4.74 Å². The van der Waals surface area contributed by atoms with Crippen molar-refractivity contribution >= 4 is 10.9 Å². The van der Waals surface area contributed by atoms with Gasteiger partial charge in [0.05, 0.1) is 6.04 Å². The van der Waals surface area contributed by atoms with E-state index in [1.54, 1.807) is 0 Å². The molecule has 4 rings (SSSR count). The van der Waals surface area contributed by atoms with E-state index in [1.165, 1.54) is 22.0 Å². The fourth-order valence-corrected chi connectivity index (χ4v) is 3.39. The highest BCUT2D eigenvalue weighted by molar-refractivity contribution is 5.82. The average molecular weight is 340 g/mol. The summed E-state index contributed by atoms with van der Waals surface area (Å²) in [7, 11) is 0. The van der Waals surface area contributed by atoms with Crippen LogP contribution in [0.3, 0.4) is 0 Å². The topological polar surface area (TPSA) is 14.2 Å². The van der Waals surface area contributed by atoms with Gasteiger partial charge in [-0.15, -0.1) is 0 Å². The molecule has 129 valence electrons. The van der Waals surface area contributed by atoms with E-state index in [9.17, 15) is 0 Å². The third kappa shape index (κ3) is 3.36. The lowest BCUT2D eigenvalue weighted by Gasteiger charge is -2.19. The van der Waals surface area contributed by atoms with Crippen molar-refractivity contribution in [2.24, 2.45) is 0 Å². The number of rotatable bonds is 6. The molecule has 2 nitrogen and oxygen atoms in total. The Bertz CT molecular complexity index is 973. The first-order valence-corrected chi connectivity index (χ1v) is 8.96. The molecule has 1 radical (unpaired) electrons. The summed E-state index contributed by atoms with van der Waals surface area (Å²) in [6, 6.07) is 29.5. The van der Waals surface area contributed by atoms with Crippen molar-refractivity contribution < 1.29 is 4.74 Å². The molecule has 1 heterocycles. The Morgan fingerprint density at radius 1 is 0.846 bits per heavy atom. The van der Waals surface area contributed by atoms with Crippen LogP contribution in [-0.4, -0.2) is 4.57 Å². The smallest absolute Gasteiger partial charge is 0.120 e. The van der Waals surface area contributed by atoms with Crippen LogP contribution in [0.15, 0.2) is 91.1 Å². The summed E-state index contributed by atoms with van der Waals surface area (Å²) in [5.74, 6) is 0.894. The van der Waals surface area contributed by atoms with E-state index in [0.29, 0.717) is 6.61 Å². The molecule has 4 aromatic rings. The van der Waals surface area contributed by atoms with Gasteiger partial charge in [0.1, 0.15) is 12.4 Å². The maximum absolute atomic E-state index is 5.96. The van der Waals surface area contributed by atoms with Crippen LogP contribution < -0.4 is 4.74 Å². The summed E-state index contributed by atoms with van der Waals surface area (Å²) in [4.78, 5) is 0. The highest BCUT2D eigenvalue weighted by Crippen LogP contribution is 2.29. The molecule has 26 heavy (non-hydrogen) atoms. The van der Waals surface area contributed by atoms with Gasteiger partial charge in [0, 0.05) is 17.1 Å². The van der Waals surface area contributed by atoms with Crippen molar-refractivity contribution in [3.8, 4) is 5.75 Å². The summed E-state index contributed by atoms with van der Waals surface area (Å²) >= 11 is 0. The van der Waals surface area contributed by atoms with Crippen molar-refractivity contribution in [3.05, 3.63) is 109 Å². The normalized spacial score (nSPS) is 12.2. The van der Waals surface area contributed by atoms with Crippen LogP contribution in [0.5, 0.6) is 5.75 Å². The summed E-state index contributed by atoms with van der Waals surface area (Å²) in [6.07, 6.45) is 2.95. The van der Waals surface area contributed by atoms with Crippen molar-refractivity contribution in [1.29, 1.82) is 0 Å². The number of aromatic nitrogens is 1. The second-order valence-corrected chi connectivity index (χ2v) is 6.43. The van der Waals surface area contributed by atoms with Crippen LogP contribution in [0.2, 0.25) is 0 Å². The van der Waals surface area contributed by atoms with Gasteiger partial charge < -0.3 is 9.30 Å². The fourth-order valence-electron chi connectivity index (χ4n) is 3.39. The monoisotopic (exact) mass is 340 g/mol. The van der Waals surface area contributed by atoms with E-state index in [0.717, 1.165) is 12.2 Å². The van der Waals surface area contributed by atoms with Gasteiger partial charge in [0.25, 0.3) is 0 Å². The van der Waals surface area contributed by atoms with Crippen molar-refractivity contribution in [2.45, 2.75) is 19.1 Å². The molecule has 0 N–H and O–H groups in total. The number of hydrogen-bond donors (Lipinski definition) is 0. The van der Waals surface area contributed by atoms with Gasteiger partial charge in [-0.1, -0.05) is 67.6 Å². The Kier molecular flexibility index (Phi) is 4.74. The highest BCUT2D eigenvalue weighted by atomic mass is 16.5. The number of fused-ring (bicyclic) bond motifs is 1. The van der Waals surface area contributed by atoms with Gasteiger partial charge in [0.15, 0.2) is 0 Å².